The van der Waals surface area contributed by atoms with Crippen LogP contribution < -0.4 is 9.47 Å². The Morgan fingerprint density at radius 2 is 1.63 bits per heavy atom. The van der Waals surface area contributed by atoms with Crippen molar-refractivity contribution in [3.63, 3.8) is 0 Å². The van der Waals surface area contributed by atoms with E-state index in [9.17, 15) is 4.39 Å². The number of ether oxygens (including phenoxy) is 2. The van der Waals surface area contributed by atoms with Crippen molar-refractivity contribution in [1.29, 1.82) is 0 Å². The molecule has 4 heteroatoms. The minimum absolute atomic E-state index is 0.0143. The molecule has 0 fully saturated rings. The molecule has 1 aliphatic rings. The van der Waals surface area contributed by atoms with Gasteiger partial charge in [0, 0.05) is 23.6 Å². The van der Waals surface area contributed by atoms with Crippen molar-refractivity contribution in [2.45, 2.75) is 12.8 Å². The maximum atomic E-state index is 13.6. The summed E-state index contributed by atoms with van der Waals surface area (Å²) in [7, 11) is 4.09. The van der Waals surface area contributed by atoms with Gasteiger partial charge in [-0.1, -0.05) is 30.3 Å². The van der Waals surface area contributed by atoms with Crippen LogP contribution in [0.4, 0.5) is 4.39 Å². The summed E-state index contributed by atoms with van der Waals surface area (Å²) in [6.07, 6.45) is 0. The zero-order valence-corrected chi connectivity index (χ0v) is 17.6. The van der Waals surface area contributed by atoms with E-state index >= 15 is 0 Å². The second kappa shape index (κ2) is 8.72. The fourth-order valence-electron chi connectivity index (χ4n) is 3.96. The lowest BCUT2D eigenvalue weighted by atomic mass is 9.81. The van der Waals surface area contributed by atoms with E-state index in [1.165, 1.54) is 12.1 Å². The van der Waals surface area contributed by atoms with Crippen LogP contribution >= 0.6 is 0 Å². The number of nitrogens with zero attached hydrogens (tertiary/aromatic N) is 1. The predicted octanol–water partition coefficient (Wildman–Crippen LogP) is 5.72. The molecule has 0 unspecified atom stereocenters. The van der Waals surface area contributed by atoms with Gasteiger partial charge in [-0.3, -0.25) is 0 Å². The SMILES string of the molecule is CCOc1ccc(C2=C(CN(C)C)[C@@H](c3ccc(F)cc3)c3ccccc3O2)cc1. The highest BCUT2D eigenvalue weighted by atomic mass is 19.1. The standard InChI is InChI=1S/C26H26FNO2/c1-4-29-21-15-11-19(12-16-21)26-23(17-28(2)3)25(18-9-13-20(27)14-10-18)22-7-5-6-8-24(22)30-26/h5-16,25H,4,17H2,1-3H3/t25-/m0/s1. The Kier molecular flexibility index (Phi) is 5.86. The number of benzene rings is 3. The van der Waals surface area contributed by atoms with Gasteiger partial charge in [-0.25, -0.2) is 4.39 Å². The second-order valence-corrected chi connectivity index (χ2v) is 7.67. The first-order valence-corrected chi connectivity index (χ1v) is 10.2. The van der Waals surface area contributed by atoms with Crippen LogP contribution in [-0.4, -0.2) is 32.1 Å². The number of para-hydroxylation sites is 1. The number of hydrogen-bond donors (Lipinski definition) is 0. The van der Waals surface area contributed by atoms with Crippen LogP contribution in [0, 0.1) is 5.82 Å². The summed E-state index contributed by atoms with van der Waals surface area (Å²) in [5, 5.41) is 0. The molecular weight excluding hydrogens is 377 g/mol. The first-order valence-electron chi connectivity index (χ1n) is 10.2. The van der Waals surface area contributed by atoms with Gasteiger partial charge in [0.15, 0.2) is 0 Å². The van der Waals surface area contributed by atoms with Crippen molar-refractivity contribution in [3.8, 4) is 11.5 Å². The number of halogens is 1. The Morgan fingerprint density at radius 1 is 0.933 bits per heavy atom. The molecule has 0 saturated heterocycles. The third-order valence-corrected chi connectivity index (χ3v) is 5.20. The summed E-state index contributed by atoms with van der Waals surface area (Å²) in [6.45, 7) is 3.32. The number of rotatable bonds is 6. The fraction of sp³-hybridized carbons (Fsp3) is 0.231. The molecule has 0 N–H and O–H groups in total. The maximum absolute atomic E-state index is 13.6. The Balaban J connectivity index is 1.88. The summed E-state index contributed by atoms with van der Waals surface area (Å²) in [5.41, 5.74) is 4.29. The fourth-order valence-corrected chi connectivity index (χ4v) is 3.96. The summed E-state index contributed by atoms with van der Waals surface area (Å²) in [6, 6.07) is 22.9. The molecule has 154 valence electrons. The maximum Gasteiger partial charge on any atom is 0.136 e. The molecule has 1 aliphatic heterocycles. The van der Waals surface area contributed by atoms with Crippen molar-refractivity contribution >= 4 is 5.76 Å². The molecule has 0 bridgehead atoms. The van der Waals surface area contributed by atoms with Crippen LogP contribution in [-0.2, 0) is 0 Å². The van der Waals surface area contributed by atoms with E-state index in [2.05, 4.69) is 11.0 Å². The number of hydrogen-bond acceptors (Lipinski definition) is 3. The van der Waals surface area contributed by atoms with Crippen molar-refractivity contribution in [1.82, 2.24) is 4.90 Å². The smallest absolute Gasteiger partial charge is 0.136 e. The molecule has 0 aromatic heterocycles. The topological polar surface area (TPSA) is 21.7 Å². The molecule has 0 radical (unpaired) electrons. The number of likely N-dealkylation sites (N-methyl/N-ethyl adjacent to an activating group) is 1. The van der Waals surface area contributed by atoms with Crippen LogP contribution in [0.15, 0.2) is 78.4 Å². The van der Waals surface area contributed by atoms with Crippen LogP contribution in [0.2, 0.25) is 0 Å². The van der Waals surface area contributed by atoms with E-state index in [1.807, 2.05) is 75.6 Å². The summed E-state index contributed by atoms with van der Waals surface area (Å²) < 4.78 is 25.7. The summed E-state index contributed by atoms with van der Waals surface area (Å²) in [4.78, 5) is 2.14. The molecule has 3 aromatic rings. The first kappa shape index (κ1) is 20.2. The Hall–Kier alpha value is -3.11. The van der Waals surface area contributed by atoms with Crippen molar-refractivity contribution < 1.29 is 13.9 Å². The van der Waals surface area contributed by atoms with E-state index in [-0.39, 0.29) is 11.7 Å². The summed E-state index contributed by atoms with van der Waals surface area (Å²) >= 11 is 0. The van der Waals surface area contributed by atoms with Gasteiger partial charge in [0.2, 0.25) is 0 Å². The third-order valence-electron chi connectivity index (χ3n) is 5.20. The molecule has 0 saturated carbocycles. The lowest BCUT2D eigenvalue weighted by Gasteiger charge is -2.33. The van der Waals surface area contributed by atoms with Gasteiger partial charge in [-0.05, 0) is 74.6 Å². The van der Waals surface area contributed by atoms with E-state index in [0.717, 1.165) is 46.1 Å². The lowest BCUT2D eigenvalue weighted by molar-refractivity contribution is 0.340. The summed E-state index contributed by atoms with van der Waals surface area (Å²) in [5.74, 6) is 2.27. The quantitative estimate of drug-likeness (QED) is 0.525. The predicted molar refractivity (Wildman–Crippen MR) is 118 cm³/mol. The van der Waals surface area contributed by atoms with E-state index < -0.39 is 0 Å². The second-order valence-electron chi connectivity index (χ2n) is 7.67. The lowest BCUT2D eigenvalue weighted by Crippen LogP contribution is -2.25. The molecule has 0 amide bonds. The van der Waals surface area contributed by atoms with Gasteiger partial charge < -0.3 is 14.4 Å². The highest BCUT2D eigenvalue weighted by Gasteiger charge is 2.31. The van der Waals surface area contributed by atoms with E-state index in [1.54, 1.807) is 0 Å². The third kappa shape index (κ3) is 4.10. The van der Waals surface area contributed by atoms with Gasteiger partial charge in [0.1, 0.15) is 23.1 Å². The molecule has 1 atom stereocenters. The van der Waals surface area contributed by atoms with Crippen molar-refractivity contribution in [3.05, 3.63) is 101 Å². The van der Waals surface area contributed by atoms with Crippen LogP contribution in [0.3, 0.4) is 0 Å². The largest absolute Gasteiger partial charge is 0.494 e. The molecule has 4 rings (SSSR count). The normalized spacial score (nSPS) is 15.7. The highest BCUT2D eigenvalue weighted by Crippen LogP contribution is 2.45. The van der Waals surface area contributed by atoms with Crippen LogP contribution in [0.5, 0.6) is 11.5 Å². The monoisotopic (exact) mass is 403 g/mol. The molecule has 3 aromatic carbocycles. The van der Waals surface area contributed by atoms with Gasteiger partial charge >= 0.3 is 0 Å². The van der Waals surface area contributed by atoms with Crippen molar-refractivity contribution in [2.75, 3.05) is 27.2 Å². The Labute approximate surface area is 177 Å². The first-order chi connectivity index (χ1) is 14.6. The minimum atomic E-state index is -0.232. The molecule has 1 heterocycles. The van der Waals surface area contributed by atoms with Gasteiger partial charge in [0.05, 0.1) is 6.61 Å². The van der Waals surface area contributed by atoms with Crippen LogP contribution in [0.1, 0.15) is 29.5 Å². The Morgan fingerprint density at radius 3 is 2.30 bits per heavy atom. The Bertz CT molecular complexity index is 1040. The van der Waals surface area contributed by atoms with Gasteiger partial charge in [-0.15, -0.1) is 0 Å². The van der Waals surface area contributed by atoms with Crippen LogP contribution in [0.25, 0.3) is 5.76 Å². The van der Waals surface area contributed by atoms with E-state index in [4.69, 9.17) is 9.47 Å². The molecule has 0 aliphatic carbocycles. The van der Waals surface area contributed by atoms with Crippen molar-refractivity contribution in [2.24, 2.45) is 0 Å². The molecule has 0 spiro atoms. The van der Waals surface area contributed by atoms with Gasteiger partial charge in [0.25, 0.3) is 0 Å². The molecule has 30 heavy (non-hydrogen) atoms. The zero-order valence-electron chi connectivity index (χ0n) is 17.6. The average molecular weight is 403 g/mol. The number of fused-ring (bicyclic) bond motifs is 1. The van der Waals surface area contributed by atoms with E-state index in [0.29, 0.717) is 6.61 Å². The van der Waals surface area contributed by atoms with Gasteiger partial charge in [-0.2, -0.15) is 0 Å². The zero-order chi connectivity index (χ0) is 21.1. The highest BCUT2D eigenvalue weighted by molar-refractivity contribution is 5.73. The molecule has 3 nitrogen and oxygen atoms in total. The minimum Gasteiger partial charge on any atom is -0.494 e. The average Bonchev–Trinajstić information content (AvgIpc) is 2.75. The molecular formula is C26H26FNO2.